The van der Waals surface area contributed by atoms with Gasteiger partial charge in [-0.15, -0.1) is 0 Å². The molecule has 0 heterocycles. The predicted molar refractivity (Wildman–Crippen MR) is 474 cm³/mol. The maximum atomic E-state index is 13.1. The summed E-state index contributed by atoms with van der Waals surface area (Å²) in [5, 5.41) is 116. The summed E-state index contributed by atoms with van der Waals surface area (Å²) >= 11 is 0. The van der Waals surface area contributed by atoms with Crippen LogP contribution in [0, 0.1) is 0 Å². The first-order valence-corrected chi connectivity index (χ1v) is 41.4. The predicted octanol–water partition coefficient (Wildman–Crippen LogP) is 25.6. The number of rotatable bonds is 0. The number of benzene rings is 9. The molecular formula is C105H138O9. The van der Waals surface area contributed by atoms with E-state index in [0.29, 0.717) is 66.8 Å². The highest BCUT2D eigenvalue weighted by Gasteiger charge is 2.39. The van der Waals surface area contributed by atoms with E-state index in [2.05, 4.69) is 338 Å². The first-order valence-electron chi connectivity index (χ1n) is 41.4. The molecule has 0 aliphatic heterocycles. The molecule has 0 fully saturated rings. The zero-order valence-electron chi connectivity index (χ0n) is 75.7. The molecule has 114 heavy (non-hydrogen) atoms. The minimum atomic E-state index is -0.778. The van der Waals surface area contributed by atoms with E-state index in [0.717, 1.165) is 83.5 Å². The van der Waals surface area contributed by atoms with Crippen LogP contribution in [0.2, 0.25) is 0 Å². The van der Waals surface area contributed by atoms with E-state index in [9.17, 15) is 46.0 Å². The summed E-state index contributed by atoms with van der Waals surface area (Å²) in [6, 6.07) is 37.5. The highest BCUT2D eigenvalue weighted by Crippen LogP contribution is 2.52. The van der Waals surface area contributed by atoms with Gasteiger partial charge in [0.05, 0.1) is 0 Å². The first kappa shape index (κ1) is 87.6. The molecule has 0 saturated heterocycles. The van der Waals surface area contributed by atoms with Crippen LogP contribution in [0.1, 0.15) is 379 Å². The van der Waals surface area contributed by atoms with Gasteiger partial charge < -0.3 is 46.0 Å². The van der Waals surface area contributed by atoms with E-state index in [1.807, 2.05) is 0 Å². The molecule has 1 aliphatic carbocycles. The third-order valence-electron chi connectivity index (χ3n) is 25.0. The second-order valence-corrected chi connectivity index (χ2v) is 44.8. The van der Waals surface area contributed by atoms with Crippen molar-refractivity contribution in [2.45, 2.75) is 332 Å². The molecule has 0 unspecified atom stereocenters. The number of hydrogen-bond acceptors (Lipinski definition) is 9. The molecule has 0 radical (unpaired) electrons. The van der Waals surface area contributed by atoms with Crippen LogP contribution in [0.3, 0.4) is 0 Å². The second kappa shape index (κ2) is 29.1. The van der Waals surface area contributed by atoms with Gasteiger partial charge in [-0.1, -0.05) is 338 Å². The number of hydrogen-bond donors (Lipinski definition) is 9. The Morgan fingerprint density at radius 3 is 0.386 bits per heavy atom. The molecule has 0 aromatic heterocycles. The molecule has 0 amide bonds. The normalized spacial score (nSPS) is 15.6. The van der Waals surface area contributed by atoms with E-state index in [1.54, 1.807) is 0 Å². The van der Waals surface area contributed by atoms with Crippen LogP contribution in [0.5, 0.6) is 51.7 Å². The van der Waals surface area contributed by atoms with Gasteiger partial charge in [-0.25, -0.2) is 0 Å². The zero-order valence-corrected chi connectivity index (χ0v) is 75.7. The van der Waals surface area contributed by atoms with Gasteiger partial charge in [0, 0.05) is 54.8 Å². The van der Waals surface area contributed by atoms with Gasteiger partial charge in [0.25, 0.3) is 0 Å². The Morgan fingerprint density at radius 1 is 0.167 bits per heavy atom. The van der Waals surface area contributed by atoms with Crippen LogP contribution in [-0.4, -0.2) is 46.0 Å². The van der Waals surface area contributed by atoms with Crippen LogP contribution in [0.15, 0.2) is 109 Å². The Hall–Kier alpha value is -8.82. The van der Waals surface area contributed by atoms with Crippen molar-refractivity contribution in [1.29, 1.82) is 0 Å². The average molecular weight is 1540 g/mol. The molecule has 9 nitrogen and oxygen atoms in total. The number of fused-ring (bicyclic) bond motifs is 18. The minimum absolute atomic E-state index is 0.0674. The second-order valence-electron chi connectivity index (χ2n) is 44.8. The Balaban J connectivity index is 1.30. The fraction of sp³-hybridized carbons (Fsp3) is 0.486. The number of phenolic OH excluding ortho intramolecular Hbond substituents is 9. The van der Waals surface area contributed by atoms with Gasteiger partial charge in [0.15, 0.2) is 0 Å². The lowest BCUT2D eigenvalue weighted by Gasteiger charge is -2.33. The van der Waals surface area contributed by atoms with Crippen molar-refractivity contribution >= 4 is 0 Å². The molecule has 9 heteroatoms. The molecule has 9 N–H and O–H groups in total. The fourth-order valence-electron chi connectivity index (χ4n) is 16.7. The van der Waals surface area contributed by atoms with Crippen LogP contribution in [0.4, 0.5) is 0 Å². The van der Waals surface area contributed by atoms with Crippen molar-refractivity contribution < 1.29 is 46.0 Å². The monoisotopic (exact) mass is 1540 g/mol. The van der Waals surface area contributed by atoms with Crippen molar-refractivity contribution in [3.63, 3.8) is 0 Å². The van der Waals surface area contributed by atoms with E-state index in [4.69, 9.17) is 0 Å². The molecule has 9 aromatic carbocycles. The van der Waals surface area contributed by atoms with Gasteiger partial charge in [0.2, 0.25) is 0 Å². The summed E-state index contributed by atoms with van der Waals surface area (Å²) in [5.41, 5.74) is 13.6. The number of aromatic hydroxyl groups is 9. The van der Waals surface area contributed by atoms with E-state index in [-0.39, 0.29) is 90.3 Å². The molecule has 1 aliphatic rings. The standard InChI is InChI=1S/C105H138O9/c1-94(2,3)70-40-58-34-64-46-73(52-79(88(64)109)97(10,11)12)103(28,29)75-48-66(90(111)81(54-75)99(16,17)18)36-60-42-71(95(4,5)6)44-62(86(60)107)38-68-50-77(56-83(92(68)113)101(22,23)24)105(32,33)78-51-69(93(114)84(57-78)102(25,26)27)39-63-45-72(96(7,8)9)43-61(87(63)108)37-67-49-76(55-82(91(67)112)100(19,20)21)104(30,31)74-47-65(35-59(41-70)85(58)106)89(110)80(53-74)98(13,14)15/h40-57,106-114H,34-39H2,1-33H3. The molecule has 0 saturated carbocycles. The van der Waals surface area contributed by atoms with Crippen molar-refractivity contribution in [3.8, 4) is 51.7 Å². The Morgan fingerprint density at radius 2 is 0.281 bits per heavy atom. The molecule has 612 valence electrons. The average Bonchev–Trinajstić information content (AvgIpc) is 0.755. The van der Waals surface area contributed by atoms with Gasteiger partial charge >= 0.3 is 0 Å². The fourth-order valence-corrected chi connectivity index (χ4v) is 16.7. The Labute approximate surface area is 685 Å². The summed E-state index contributed by atoms with van der Waals surface area (Å²) in [6.45, 7) is 70.3. The van der Waals surface area contributed by atoms with Crippen LogP contribution in [-0.2, 0) is 104 Å². The van der Waals surface area contributed by atoms with Crippen LogP contribution < -0.4 is 0 Å². The van der Waals surface area contributed by atoms with E-state index >= 15 is 0 Å². The smallest absolute Gasteiger partial charge is 0.122 e. The summed E-state index contributed by atoms with van der Waals surface area (Å²) in [4.78, 5) is 0. The quantitative estimate of drug-likeness (QED) is 0.0714. The zero-order chi connectivity index (χ0) is 85.8. The molecule has 0 atom stereocenters. The van der Waals surface area contributed by atoms with Crippen molar-refractivity contribution in [1.82, 2.24) is 0 Å². The van der Waals surface area contributed by atoms with Gasteiger partial charge in [0.1, 0.15) is 51.7 Å². The Bertz CT molecular complexity index is 4440. The molecule has 0 spiro atoms. The molecule has 18 bridgehead atoms. The van der Waals surface area contributed by atoms with Crippen LogP contribution >= 0.6 is 0 Å². The third-order valence-corrected chi connectivity index (χ3v) is 25.0. The lowest BCUT2D eigenvalue weighted by molar-refractivity contribution is 0.435. The topological polar surface area (TPSA) is 182 Å². The van der Waals surface area contributed by atoms with Crippen molar-refractivity contribution in [2.24, 2.45) is 0 Å². The maximum Gasteiger partial charge on any atom is 0.122 e. The summed E-state index contributed by atoms with van der Waals surface area (Å²) in [5.74, 6) is 1.05. The van der Waals surface area contributed by atoms with Gasteiger partial charge in [-0.2, -0.15) is 0 Å². The van der Waals surface area contributed by atoms with Crippen LogP contribution in [0.25, 0.3) is 0 Å². The summed E-state index contributed by atoms with van der Waals surface area (Å²) in [7, 11) is 0. The van der Waals surface area contributed by atoms with E-state index < -0.39 is 65.0 Å². The van der Waals surface area contributed by atoms with E-state index in [1.165, 1.54) is 0 Å². The largest absolute Gasteiger partial charge is 0.507 e. The van der Waals surface area contributed by atoms with Gasteiger partial charge in [-0.3, -0.25) is 0 Å². The first-order chi connectivity index (χ1) is 51.6. The lowest BCUT2D eigenvalue weighted by atomic mass is 9.71. The highest BCUT2D eigenvalue weighted by atomic mass is 16.3. The molecule has 10 rings (SSSR count). The Kier molecular flexibility index (Phi) is 22.4. The van der Waals surface area contributed by atoms with Gasteiger partial charge in [-0.05, 0) is 199 Å². The summed E-state index contributed by atoms with van der Waals surface area (Å²) in [6.07, 6.45) is 0.996. The molecular weight excluding hydrogens is 1410 g/mol. The van der Waals surface area contributed by atoms with Crippen molar-refractivity contribution in [2.75, 3.05) is 0 Å². The third kappa shape index (κ3) is 17.4. The SMILES string of the molecule is CC(C)(C)c1cc2c(O)c(c1)Cc1cc(cc(C(C)(C)C)c1O)C(C)(C)c1cc(c(O)c(C(C)(C)C)c1)Cc1cc(C(C)(C)C)cc(c1O)Cc1cc(cc(C(C)(C)C)c1O)C(C)(C)c1cc(c(O)c(C(C)(C)C)c1)Cc1cc(C(C)(C)C)cc(c1O)Cc1cc(cc(C(C)(C)C)c1O)C(C)(C)c1cc(c(O)c(C(C)(C)C)c1)C2. The molecule has 9 aromatic rings. The maximum absolute atomic E-state index is 13.1. The number of phenols is 9. The lowest BCUT2D eigenvalue weighted by Crippen LogP contribution is -2.24. The minimum Gasteiger partial charge on any atom is -0.507 e. The highest BCUT2D eigenvalue weighted by molar-refractivity contribution is 5.65. The van der Waals surface area contributed by atoms with Crippen molar-refractivity contribution in [3.05, 3.63) is 259 Å². The summed E-state index contributed by atoms with van der Waals surface area (Å²) < 4.78 is 0.